The van der Waals surface area contributed by atoms with Crippen LogP contribution >= 0.6 is 31.9 Å². The molecule has 0 spiro atoms. The summed E-state index contributed by atoms with van der Waals surface area (Å²) in [7, 11) is 0. The monoisotopic (exact) mass is 372 g/mol. The van der Waals surface area contributed by atoms with Crippen LogP contribution in [0, 0.1) is 12.1 Å². The molecule has 0 atom stereocenters. The van der Waals surface area contributed by atoms with Crippen LogP contribution in [0.2, 0.25) is 0 Å². The van der Waals surface area contributed by atoms with Crippen molar-refractivity contribution in [1.29, 1.82) is 0 Å². The second-order valence-electron chi connectivity index (χ2n) is 2.79. The van der Waals surface area contributed by atoms with Crippen molar-refractivity contribution >= 4 is 31.9 Å². The van der Waals surface area contributed by atoms with Crippen LogP contribution in [0.5, 0.6) is 0 Å². The van der Waals surface area contributed by atoms with E-state index in [-0.39, 0.29) is 19.5 Å². The third-order valence-corrected chi connectivity index (χ3v) is 3.18. The number of hydrogen-bond acceptors (Lipinski definition) is 0. The molecule has 0 N–H and O–H groups in total. The first-order chi connectivity index (χ1) is 6.79. The predicted molar refractivity (Wildman–Crippen MR) is 65.0 cm³/mol. The van der Waals surface area contributed by atoms with Gasteiger partial charge in [-0.3, -0.25) is 0 Å². The van der Waals surface area contributed by atoms with Gasteiger partial charge in [0.25, 0.3) is 0 Å². The molecule has 0 heterocycles. The van der Waals surface area contributed by atoms with Crippen molar-refractivity contribution in [3.05, 3.63) is 57.5 Å². The fourth-order valence-electron chi connectivity index (χ4n) is 1.22. The molecular formula is C12H6Br2Zn. The Hall–Kier alpha value is 0.0234. The van der Waals surface area contributed by atoms with Gasteiger partial charge in [0.05, 0.1) is 0 Å². The molecule has 2 aromatic rings. The Morgan fingerprint density at radius 3 is 1.53 bits per heavy atom. The SMILES string of the molecule is Brc1ccc[c-]c1-c1[c-]cccc1Br.[Zn+2]. The van der Waals surface area contributed by atoms with Crippen LogP contribution in [0.4, 0.5) is 0 Å². The molecule has 0 aliphatic rings. The molecule has 0 fully saturated rings. The minimum absolute atomic E-state index is 0. The van der Waals surface area contributed by atoms with Gasteiger partial charge in [0.1, 0.15) is 0 Å². The van der Waals surface area contributed by atoms with Gasteiger partial charge in [-0.2, -0.15) is 24.3 Å². The number of rotatable bonds is 1. The van der Waals surface area contributed by atoms with Crippen molar-refractivity contribution in [2.45, 2.75) is 0 Å². The maximum Gasteiger partial charge on any atom is 2.00 e. The van der Waals surface area contributed by atoms with Crippen LogP contribution in [0.15, 0.2) is 45.3 Å². The van der Waals surface area contributed by atoms with E-state index in [2.05, 4.69) is 44.0 Å². The molecule has 0 amide bonds. The van der Waals surface area contributed by atoms with Gasteiger partial charge in [0.15, 0.2) is 0 Å². The molecule has 0 aromatic heterocycles. The van der Waals surface area contributed by atoms with Gasteiger partial charge >= 0.3 is 19.5 Å². The molecule has 0 aliphatic carbocycles. The van der Waals surface area contributed by atoms with E-state index in [0.717, 1.165) is 20.1 Å². The molecular weight excluding hydrogens is 369 g/mol. The number of halogens is 2. The van der Waals surface area contributed by atoms with E-state index in [1.807, 2.05) is 36.4 Å². The molecule has 2 rings (SSSR count). The van der Waals surface area contributed by atoms with Crippen LogP contribution in [-0.4, -0.2) is 0 Å². The van der Waals surface area contributed by atoms with Gasteiger partial charge < -0.3 is 0 Å². The molecule has 70 valence electrons. The fraction of sp³-hybridized carbons (Fsp3) is 0. The van der Waals surface area contributed by atoms with Gasteiger partial charge in [-0.1, -0.05) is 0 Å². The number of benzene rings is 2. The average molecular weight is 375 g/mol. The predicted octanol–water partition coefficient (Wildman–Crippen LogP) is 4.48. The zero-order valence-corrected chi connectivity index (χ0v) is 14.1. The Labute approximate surface area is 119 Å². The van der Waals surface area contributed by atoms with Crippen molar-refractivity contribution in [2.75, 3.05) is 0 Å². The van der Waals surface area contributed by atoms with Gasteiger partial charge in [-0.05, 0) is 0 Å². The summed E-state index contributed by atoms with van der Waals surface area (Å²) in [6.45, 7) is 0. The zero-order valence-electron chi connectivity index (χ0n) is 7.93. The molecule has 15 heavy (non-hydrogen) atoms. The standard InChI is InChI=1S/C12H6Br2.Zn/c13-11-7-3-1-5-9(11)10-6-2-4-8-12(10)14;/h1-4,7-8H;/q-2;+2. The van der Waals surface area contributed by atoms with Crippen molar-refractivity contribution in [3.63, 3.8) is 0 Å². The van der Waals surface area contributed by atoms with Gasteiger partial charge in [-0.15, -0.1) is 65.1 Å². The fourth-order valence-corrected chi connectivity index (χ4v) is 2.15. The Bertz CT molecular complexity index is 411. The average Bonchev–Trinajstić information content (AvgIpc) is 2.20. The number of hydrogen-bond donors (Lipinski definition) is 0. The topological polar surface area (TPSA) is 0 Å². The molecule has 0 unspecified atom stereocenters. The Morgan fingerprint density at radius 2 is 1.20 bits per heavy atom. The van der Waals surface area contributed by atoms with Crippen LogP contribution in [0.1, 0.15) is 0 Å². The Balaban J connectivity index is 0.00000112. The molecule has 0 bridgehead atoms. The van der Waals surface area contributed by atoms with Gasteiger partial charge in [-0.25, -0.2) is 11.1 Å². The van der Waals surface area contributed by atoms with E-state index in [4.69, 9.17) is 0 Å². The quantitative estimate of drug-likeness (QED) is 0.509. The first-order valence-corrected chi connectivity index (χ1v) is 5.70. The van der Waals surface area contributed by atoms with E-state index < -0.39 is 0 Å². The summed E-state index contributed by atoms with van der Waals surface area (Å²) < 4.78 is 2.06. The van der Waals surface area contributed by atoms with Crippen LogP contribution in [-0.2, 0) is 19.5 Å². The summed E-state index contributed by atoms with van der Waals surface area (Å²) in [5, 5.41) is 0. The molecule has 3 heteroatoms. The normalized spacial score (nSPS) is 9.47. The third kappa shape index (κ3) is 2.99. The largest absolute Gasteiger partial charge is 2.00 e. The molecule has 0 nitrogen and oxygen atoms in total. The zero-order chi connectivity index (χ0) is 9.97. The molecule has 0 aliphatic heterocycles. The van der Waals surface area contributed by atoms with Crippen molar-refractivity contribution in [1.82, 2.24) is 0 Å². The summed E-state index contributed by atoms with van der Waals surface area (Å²) >= 11 is 6.99. The van der Waals surface area contributed by atoms with Gasteiger partial charge in [0, 0.05) is 0 Å². The summed E-state index contributed by atoms with van der Waals surface area (Å²) in [6, 6.07) is 18.1. The van der Waals surface area contributed by atoms with Crippen molar-refractivity contribution in [2.24, 2.45) is 0 Å². The van der Waals surface area contributed by atoms with Crippen LogP contribution in [0.3, 0.4) is 0 Å². The van der Waals surface area contributed by atoms with E-state index in [1.54, 1.807) is 0 Å². The summed E-state index contributed by atoms with van der Waals surface area (Å²) in [5.74, 6) is 0. The van der Waals surface area contributed by atoms with E-state index in [0.29, 0.717) is 0 Å². The summed E-state index contributed by atoms with van der Waals surface area (Å²) in [5.41, 5.74) is 2.06. The smallest absolute Gasteiger partial charge is 0.211 e. The minimum Gasteiger partial charge on any atom is -0.211 e. The second-order valence-corrected chi connectivity index (χ2v) is 4.49. The van der Waals surface area contributed by atoms with E-state index in [1.165, 1.54) is 0 Å². The Morgan fingerprint density at radius 1 is 0.800 bits per heavy atom. The van der Waals surface area contributed by atoms with Gasteiger partial charge in [0.2, 0.25) is 0 Å². The summed E-state index contributed by atoms with van der Waals surface area (Å²) in [6.07, 6.45) is 0. The first kappa shape index (κ1) is 13.1. The third-order valence-electron chi connectivity index (χ3n) is 1.86. The van der Waals surface area contributed by atoms with E-state index in [9.17, 15) is 0 Å². The van der Waals surface area contributed by atoms with Crippen molar-refractivity contribution < 1.29 is 19.5 Å². The van der Waals surface area contributed by atoms with E-state index >= 15 is 0 Å². The van der Waals surface area contributed by atoms with Crippen LogP contribution < -0.4 is 0 Å². The van der Waals surface area contributed by atoms with Crippen LogP contribution in [0.25, 0.3) is 11.1 Å². The maximum atomic E-state index is 3.50. The molecule has 2 aromatic carbocycles. The molecule has 0 saturated carbocycles. The Kier molecular flexibility index (Phi) is 5.18. The first-order valence-electron chi connectivity index (χ1n) is 4.12. The molecule has 0 saturated heterocycles. The summed E-state index contributed by atoms with van der Waals surface area (Å²) in [4.78, 5) is 0. The van der Waals surface area contributed by atoms with Crippen molar-refractivity contribution in [3.8, 4) is 11.1 Å². The minimum atomic E-state index is 0. The second kappa shape index (κ2) is 5.93. The molecule has 0 radical (unpaired) electrons. The maximum absolute atomic E-state index is 3.50.